The molecular weight excluding hydrogens is 391 g/mol. The summed E-state index contributed by atoms with van der Waals surface area (Å²) >= 11 is 0.00782. The monoisotopic (exact) mass is 416 g/mol. The molecule has 23 heavy (non-hydrogen) atoms. The summed E-state index contributed by atoms with van der Waals surface area (Å²) in [5, 5.41) is 3.82. The molecule has 4 rings (SSSR count). The van der Waals surface area contributed by atoms with Crippen LogP contribution in [-0.2, 0) is 19.2 Å². The Balaban J connectivity index is 0.000000960. The van der Waals surface area contributed by atoms with Gasteiger partial charge in [-0.05, 0) is 0 Å². The van der Waals surface area contributed by atoms with Gasteiger partial charge in [0.2, 0.25) is 0 Å². The van der Waals surface area contributed by atoms with Crippen molar-refractivity contribution in [3.8, 4) is 0 Å². The summed E-state index contributed by atoms with van der Waals surface area (Å²) in [4.78, 5) is 0. The Morgan fingerprint density at radius 3 is 1.43 bits per heavy atom. The molecule has 0 aromatic heterocycles. The fourth-order valence-corrected chi connectivity index (χ4v) is 16.4. The van der Waals surface area contributed by atoms with E-state index in [-0.39, 0.29) is 44.0 Å². The van der Waals surface area contributed by atoms with Crippen LogP contribution in [0.4, 0.5) is 0 Å². The fourth-order valence-electron chi connectivity index (χ4n) is 4.51. The van der Waals surface area contributed by atoms with Crippen molar-refractivity contribution >= 4 is 16.1 Å². The van der Waals surface area contributed by atoms with Gasteiger partial charge in [0.15, 0.2) is 0 Å². The SMILES string of the molecule is C[Si]1(C2=[C]([Ti+2][C]3=C([Si]4(C)CCC4)C=CC3)CC=C2)CCC1.[Cl-].[Cl-]. The van der Waals surface area contributed by atoms with E-state index in [1.807, 2.05) is 18.1 Å². The largest absolute Gasteiger partial charge is 1.00 e. The molecule has 0 radical (unpaired) electrons. The molecule has 2 saturated heterocycles. The van der Waals surface area contributed by atoms with E-state index in [1.165, 1.54) is 25.7 Å². The summed E-state index contributed by atoms with van der Waals surface area (Å²) in [5.41, 5.74) is 0. The molecule has 0 aromatic rings. The van der Waals surface area contributed by atoms with E-state index in [2.05, 4.69) is 37.4 Å². The van der Waals surface area contributed by atoms with Crippen LogP contribution >= 0.6 is 0 Å². The van der Waals surface area contributed by atoms with Gasteiger partial charge in [-0.1, -0.05) is 0 Å². The minimum Gasteiger partial charge on any atom is -1.00 e. The molecule has 4 aliphatic rings. The second-order valence-corrected chi connectivity index (χ2v) is 19.5. The summed E-state index contributed by atoms with van der Waals surface area (Å²) in [5.74, 6) is 0. The van der Waals surface area contributed by atoms with Crippen molar-refractivity contribution in [3.05, 3.63) is 42.5 Å². The smallest absolute Gasteiger partial charge is 1.00 e. The molecule has 0 saturated carbocycles. The third-order valence-corrected chi connectivity index (χ3v) is 18.9. The number of halogens is 2. The van der Waals surface area contributed by atoms with Crippen LogP contribution in [0.3, 0.4) is 0 Å². The maximum Gasteiger partial charge on any atom is -1.00 e. The first-order valence-corrected chi connectivity index (χ1v) is 16.1. The van der Waals surface area contributed by atoms with E-state index in [0.717, 1.165) is 0 Å². The molecule has 0 N–H and O–H groups in total. The maximum atomic E-state index is 2.65. The molecular formula is C18H26Cl2Si2Ti. The average Bonchev–Trinajstić information content (AvgIpc) is 3.03. The summed E-state index contributed by atoms with van der Waals surface area (Å²) in [6, 6.07) is 6.27. The van der Waals surface area contributed by atoms with Gasteiger partial charge in [0, 0.05) is 0 Å². The molecule has 0 aromatic carbocycles. The predicted octanol–water partition coefficient (Wildman–Crippen LogP) is -0.452. The molecule has 2 heterocycles. The van der Waals surface area contributed by atoms with Gasteiger partial charge >= 0.3 is 141 Å². The number of rotatable bonds is 4. The summed E-state index contributed by atoms with van der Waals surface area (Å²) in [7, 11) is -1.94. The van der Waals surface area contributed by atoms with Gasteiger partial charge < -0.3 is 24.8 Å². The van der Waals surface area contributed by atoms with Crippen LogP contribution in [0.15, 0.2) is 42.5 Å². The zero-order chi connectivity index (χ0) is 14.5. The molecule has 0 spiro atoms. The van der Waals surface area contributed by atoms with Crippen molar-refractivity contribution in [2.45, 2.75) is 63.0 Å². The van der Waals surface area contributed by atoms with Gasteiger partial charge in [0.05, 0.1) is 0 Å². The molecule has 0 atom stereocenters. The zero-order valence-corrected chi connectivity index (χ0v) is 19.3. The molecule has 0 nitrogen and oxygen atoms in total. The van der Waals surface area contributed by atoms with Crippen molar-refractivity contribution in [3.63, 3.8) is 0 Å². The van der Waals surface area contributed by atoms with Crippen molar-refractivity contribution in [2.24, 2.45) is 0 Å². The van der Waals surface area contributed by atoms with Crippen LogP contribution in [-0.4, -0.2) is 16.1 Å². The van der Waals surface area contributed by atoms with Crippen molar-refractivity contribution in [1.82, 2.24) is 0 Å². The van der Waals surface area contributed by atoms with Crippen molar-refractivity contribution in [2.75, 3.05) is 0 Å². The third kappa shape index (κ3) is 3.50. The first-order valence-electron chi connectivity index (χ1n) is 8.68. The predicted molar refractivity (Wildman–Crippen MR) is 93.3 cm³/mol. The van der Waals surface area contributed by atoms with Crippen LogP contribution in [0.5, 0.6) is 0 Å². The molecule has 124 valence electrons. The summed E-state index contributed by atoms with van der Waals surface area (Å²) in [6.45, 7) is 5.30. The Bertz CT molecular complexity index is 544. The first kappa shape index (κ1) is 20.0. The summed E-state index contributed by atoms with van der Waals surface area (Å²) in [6.07, 6.45) is 15.7. The molecule has 2 aliphatic heterocycles. The topological polar surface area (TPSA) is 0 Å². The van der Waals surface area contributed by atoms with E-state index >= 15 is 0 Å². The van der Waals surface area contributed by atoms with E-state index in [1.54, 1.807) is 24.2 Å². The second-order valence-electron chi connectivity index (χ2n) is 7.95. The molecule has 0 amide bonds. The number of hydrogen-bond donors (Lipinski definition) is 0. The minimum atomic E-state index is -0.968. The Labute approximate surface area is 164 Å². The van der Waals surface area contributed by atoms with Crippen molar-refractivity contribution < 1.29 is 44.0 Å². The van der Waals surface area contributed by atoms with Gasteiger partial charge in [-0.2, -0.15) is 0 Å². The minimum absolute atomic E-state index is 0. The first-order chi connectivity index (χ1) is 10.1. The Morgan fingerprint density at radius 2 is 1.13 bits per heavy atom. The number of allylic oxidation sites excluding steroid dienone is 8. The standard InChI is InChI=1S/2C9H13Si.2ClH.Ti/c2*1-10(7-4-8-10)9-5-2-3-6-9;;;/h2*2,5H,3-4,7-8H2,1H3;2*1H;/q;;;;+2/p-2. The van der Waals surface area contributed by atoms with Gasteiger partial charge in [0.25, 0.3) is 0 Å². The van der Waals surface area contributed by atoms with E-state index in [0.29, 0.717) is 0 Å². The Hall–Kier alpha value is 0.688. The molecule has 2 aliphatic carbocycles. The van der Waals surface area contributed by atoms with Crippen LogP contribution in [0, 0.1) is 0 Å². The Kier molecular flexibility index (Phi) is 6.54. The van der Waals surface area contributed by atoms with E-state index < -0.39 is 16.1 Å². The van der Waals surface area contributed by atoms with Crippen LogP contribution in [0.2, 0.25) is 37.3 Å². The van der Waals surface area contributed by atoms with E-state index in [9.17, 15) is 0 Å². The quantitative estimate of drug-likeness (QED) is 0.544. The fraction of sp³-hybridized carbons (Fsp3) is 0.556. The number of hydrogen-bond acceptors (Lipinski definition) is 0. The van der Waals surface area contributed by atoms with Gasteiger partial charge in [0.1, 0.15) is 0 Å². The summed E-state index contributed by atoms with van der Waals surface area (Å²) < 4.78 is 3.88. The molecule has 0 unspecified atom stereocenters. The maximum absolute atomic E-state index is 2.65. The van der Waals surface area contributed by atoms with Gasteiger partial charge in [-0.25, -0.2) is 0 Å². The van der Waals surface area contributed by atoms with Crippen LogP contribution < -0.4 is 24.8 Å². The van der Waals surface area contributed by atoms with Gasteiger partial charge in [-0.15, -0.1) is 0 Å². The Morgan fingerprint density at radius 1 is 0.739 bits per heavy atom. The van der Waals surface area contributed by atoms with Crippen LogP contribution in [0.1, 0.15) is 25.7 Å². The molecule has 2 fully saturated rings. The molecule has 5 heteroatoms. The molecule has 0 bridgehead atoms. The van der Waals surface area contributed by atoms with E-state index in [4.69, 9.17) is 0 Å². The van der Waals surface area contributed by atoms with Gasteiger partial charge in [-0.3, -0.25) is 0 Å². The normalized spacial score (nSPS) is 26.2. The zero-order valence-electron chi connectivity index (χ0n) is 14.2. The second kappa shape index (κ2) is 7.51. The van der Waals surface area contributed by atoms with Crippen LogP contribution in [0.25, 0.3) is 0 Å². The average molecular weight is 417 g/mol. The van der Waals surface area contributed by atoms with Crippen molar-refractivity contribution in [1.29, 1.82) is 0 Å². The third-order valence-electron chi connectivity index (χ3n) is 6.38.